The number of halogens is 3. The lowest BCUT2D eigenvalue weighted by molar-refractivity contribution is -0.150. The molecule has 0 aliphatic carbocycles. The molecule has 2 amide bonds. The van der Waals surface area contributed by atoms with E-state index >= 15 is 0 Å². The number of carbonyl (C=O) groups is 3. The Balaban J connectivity index is 0.00000514. The predicted molar refractivity (Wildman–Crippen MR) is 214 cm³/mol. The van der Waals surface area contributed by atoms with Gasteiger partial charge >= 0.3 is 12.6 Å². The van der Waals surface area contributed by atoms with Crippen LogP contribution in [0.3, 0.4) is 0 Å². The van der Waals surface area contributed by atoms with Gasteiger partial charge in [0.15, 0.2) is 10.8 Å². The smallest absolute Gasteiger partial charge is 0.407 e. The minimum atomic E-state index is -3.38. The first-order valence-electron chi connectivity index (χ1n) is 17.2. The predicted octanol–water partition coefficient (Wildman–Crippen LogP) is 5.35. The average molecular weight is 903 g/mol. The fraction of sp³-hybridized carbons (Fsp3) is 0.289. The standard InChI is InChI=1S/C38H36F2N6O6S2.HI/c1-23(45-19-11-12-20-45)27-22-54(51)34-30(33(48)46(34)31(27)35(49)50)42-32(47)29(44-52-36(39)40)28-21-53-37(41-28)43-38(24-13-5-2-6-14-24,25-15-7-3-8-16-25)26-17-9-4-10-18-26;/h2-10,13-18,21,23,30,34,36H,11-12,19-20,22H2,1H3,(H,41,43)(H,42,47)(H,49,50);1H/b44-29+;/t23?,30?,34-,54?;/m1./s1. The van der Waals surface area contributed by atoms with E-state index in [1.165, 1.54) is 5.38 Å². The molecule has 12 nitrogen and oxygen atoms in total. The van der Waals surface area contributed by atoms with Crippen LogP contribution < -0.4 is 10.6 Å². The van der Waals surface area contributed by atoms with Gasteiger partial charge in [-0.15, -0.1) is 35.3 Å². The maximum absolute atomic E-state index is 13.8. The molecule has 0 bridgehead atoms. The molecule has 0 spiro atoms. The quantitative estimate of drug-likeness (QED) is 0.0531. The number of likely N-dealkylation sites (tertiary alicyclic amines) is 1. The van der Waals surface area contributed by atoms with Crippen LogP contribution in [0.2, 0.25) is 0 Å². The first-order chi connectivity index (χ1) is 26.1. The van der Waals surface area contributed by atoms with Crippen LogP contribution in [0.15, 0.2) is 113 Å². The number of hydrogen-bond donors (Lipinski definition) is 3. The van der Waals surface area contributed by atoms with E-state index in [-0.39, 0.29) is 47.2 Å². The molecule has 2 saturated heterocycles. The summed E-state index contributed by atoms with van der Waals surface area (Å²) in [4.78, 5) is 51.6. The number of aromatic nitrogens is 1. The zero-order chi connectivity index (χ0) is 38.0. The molecule has 7 rings (SSSR count). The molecule has 3 N–H and O–H groups in total. The Hall–Kier alpha value is -4.59. The second kappa shape index (κ2) is 17.1. The zero-order valence-corrected chi connectivity index (χ0v) is 33.3. The van der Waals surface area contributed by atoms with E-state index < -0.39 is 57.9 Å². The third-order valence-corrected chi connectivity index (χ3v) is 12.3. The lowest BCUT2D eigenvalue weighted by atomic mass is 9.77. The lowest BCUT2D eigenvalue weighted by Gasteiger charge is -2.50. The summed E-state index contributed by atoms with van der Waals surface area (Å²) in [5.41, 5.74) is 0.947. The van der Waals surface area contributed by atoms with E-state index in [9.17, 15) is 32.5 Å². The van der Waals surface area contributed by atoms with Crippen molar-refractivity contribution < 1.29 is 37.3 Å². The number of anilines is 1. The Morgan fingerprint density at radius 2 is 1.53 bits per heavy atom. The van der Waals surface area contributed by atoms with Gasteiger partial charge in [-0.25, -0.2) is 9.78 Å². The molecule has 3 aliphatic heterocycles. The molecule has 3 aliphatic rings. The molecule has 3 unspecified atom stereocenters. The number of benzene rings is 3. The number of thiazole rings is 1. The van der Waals surface area contributed by atoms with Crippen molar-refractivity contribution in [1.82, 2.24) is 20.1 Å². The minimum Gasteiger partial charge on any atom is -0.477 e. The first-order valence-corrected chi connectivity index (χ1v) is 19.5. The number of carboxylic acids is 1. The molecular weight excluding hydrogens is 865 g/mol. The number of β-lactam (4-membered cyclic amide) rings is 1. The highest BCUT2D eigenvalue weighted by Gasteiger charge is 2.58. The fourth-order valence-corrected chi connectivity index (χ4v) is 9.90. The molecule has 55 heavy (non-hydrogen) atoms. The molecule has 2 fully saturated rings. The normalized spacial score (nSPS) is 20.7. The number of carbonyl (C=O) groups excluding carboxylic acids is 2. The maximum Gasteiger partial charge on any atom is 0.407 e. The molecular formula is C38H37F2IN6O6S2. The van der Waals surface area contributed by atoms with Crippen LogP contribution in [0.1, 0.15) is 42.1 Å². The second-order valence-electron chi connectivity index (χ2n) is 13.0. The van der Waals surface area contributed by atoms with Crippen molar-refractivity contribution in [2.75, 3.05) is 24.2 Å². The zero-order valence-electron chi connectivity index (χ0n) is 29.3. The van der Waals surface area contributed by atoms with Gasteiger partial charge in [-0.2, -0.15) is 8.78 Å². The van der Waals surface area contributed by atoms with Gasteiger partial charge in [-0.1, -0.05) is 96.2 Å². The number of aliphatic carboxylic acids is 1. The van der Waals surface area contributed by atoms with Crippen molar-refractivity contribution in [3.8, 4) is 0 Å². The van der Waals surface area contributed by atoms with Gasteiger partial charge in [0.1, 0.15) is 28.3 Å². The Bertz CT molecular complexity index is 2020. The molecule has 288 valence electrons. The third-order valence-electron chi connectivity index (χ3n) is 9.94. The lowest BCUT2D eigenvalue weighted by Crippen LogP contribution is -2.74. The monoisotopic (exact) mass is 902 g/mol. The number of alkyl halides is 2. The van der Waals surface area contributed by atoms with Crippen LogP contribution in [0.4, 0.5) is 13.9 Å². The van der Waals surface area contributed by atoms with Crippen LogP contribution in [0.5, 0.6) is 0 Å². The highest BCUT2D eigenvalue weighted by atomic mass is 127. The van der Waals surface area contributed by atoms with E-state index in [1.807, 2.05) is 97.9 Å². The van der Waals surface area contributed by atoms with Gasteiger partial charge in [0.2, 0.25) is 0 Å². The van der Waals surface area contributed by atoms with Gasteiger partial charge in [-0.05, 0) is 55.1 Å². The topological polar surface area (TPSA) is 154 Å². The van der Waals surface area contributed by atoms with E-state index in [1.54, 1.807) is 0 Å². The van der Waals surface area contributed by atoms with Gasteiger partial charge < -0.3 is 20.6 Å². The van der Waals surface area contributed by atoms with E-state index in [0.29, 0.717) is 10.7 Å². The van der Waals surface area contributed by atoms with Crippen LogP contribution in [-0.4, -0.2) is 90.5 Å². The number of nitrogens with zero attached hydrogens (tertiary/aromatic N) is 4. The van der Waals surface area contributed by atoms with Crippen molar-refractivity contribution >= 4 is 74.7 Å². The number of carboxylic acid groups (broad SMARTS) is 1. The summed E-state index contributed by atoms with van der Waals surface area (Å²) >= 11 is 1.09. The van der Waals surface area contributed by atoms with Gasteiger partial charge in [0.05, 0.1) is 16.6 Å². The van der Waals surface area contributed by atoms with E-state index in [2.05, 4.69) is 30.5 Å². The maximum atomic E-state index is 13.8. The fourth-order valence-electron chi connectivity index (χ4n) is 7.36. The average Bonchev–Trinajstić information content (AvgIpc) is 3.90. The van der Waals surface area contributed by atoms with Crippen LogP contribution in [0, 0.1) is 0 Å². The molecule has 0 radical (unpaired) electrons. The van der Waals surface area contributed by atoms with Crippen LogP contribution in [0.25, 0.3) is 0 Å². The summed E-state index contributed by atoms with van der Waals surface area (Å²) in [6.45, 7) is -0.0423. The number of rotatable bonds is 13. The molecule has 0 saturated carbocycles. The van der Waals surface area contributed by atoms with E-state index in [0.717, 1.165) is 58.9 Å². The molecule has 17 heteroatoms. The summed E-state index contributed by atoms with van der Waals surface area (Å²) in [6, 6.07) is 27.2. The summed E-state index contributed by atoms with van der Waals surface area (Å²) in [7, 11) is -1.79. The number of nitrogens with one attached hydrogen (secondary N) is 2. The number of oxime groups is 1. The van der Waals surface area contributed by atoms with Crippen molar-refractivity contribution in [3.05, 3.63) is 130 Å². The summed E-state index contributed by atoms with van der Waals surface area (Å²) < 4.78 is 40.2. The summed E-state index contributed by atoms with van der Waals surface area (Å²) in [5, 5.41) is 20.2. The van der Waals surface area contributed by atoms with Gasteiger partial charge in [0, 0.05) is 11.4 Å². The summed E-state index contributed by atoms with van der Waals surface area (Å²) in [5.74, 6) is -3.34. The van der Waals surface area contributed by atoms with Gasteiger partial charge in [-0.3, -0.25) is 23.6 Å². The Kier molecular flexibility index (Phi) is 12.4. The number of amides is 2. The largest absolute Gasteiger partial charge is 0.477 e. The highest BCUT2D eigenvalue weighted by Crippen LogP contribution is 2.41. The third kappa shape index (κ3) is 7.79. The van der Waals surface area contributed by atoms with Gasteiger partial charge in [0.25, 0.3) is 11.8 Å². The van der Waals surface area contributed by atoms with Crippen molar-refractivity contribution in [2.24, 2.45) is 5.16 Å². The van der Waals surface area contributed by atoms with Crippen LogP contribution in [-0.2, 0) is 35.6 Å². The minimum absolute atomic E-state index is 0. The molecule has 1 aromatic heterocycles. The highest BCUT2D eigenvalue weighted by molar-refractivity contribution is 14.0. The molecule has 4 heterocycles. The second-order valence-corrected chi connectivity index (χ2v) is 15.4. The van der Waals surface area contributed by atoms with Crippen molar-refractivity contribution in [1.29, 1.82) is 0 Å². The Morgan fingerprint density at radius 1 is 0.982 bits per heavy atom. The van der Waals surface area contributed by atoms with Crippen molar-refractivity contribution in [3.63, 3.8) is 0 Å². The first kappa shape index (κ1) is 40.1. The van der Waals surface area contributed by atoms with Crippen molar-refractivity contribution in [2.45, 2.75) is 49.4 Å². The number of hydrogen-bond acceptors (Lipinski definition) is 10. The van der Waals surface area contributed by atoms with Crippen LogP contribution >= 0.6 is 35.3 Å². The molecule has 4 aromatic rings. The Morgan fingerprint density at radius 3 is 2.04 bits per heavy atom. The molecule has 3 aromatic carbocycles. The summed E-state index contributed by atoms with van der Waals surface area (Å²) in [6.07, 6.45) is 1.90. The molecule has 4 atom stereocenters. The SMILES string of the molecule is CC(C1=C(C(=O)O)N2C(=O)C(NC(=O)/C(=N/OC(F)F)c3csc(NC(c4ccccc4)(c4ccccc4)c4ccccc4)n3)[C@H]2S(=O)C1)N1CCCC1.I. The Labute approximate surface area is 339 Å². The van der Waals surface area contributed by atoms with E-state index in [4.69, 9.17) is 0 Å². The number of fused-ring (bicyclic) bond motifs is 1.